The van der Waals surface area contributed by atoms with E-state index in [2.05, 4.69) is 0 Å². The normalized spacial score (nSPS) is 1.33. The maximum absolute atomic E-state index is 5.50. The van der Waals surface area contributed by atoms with Gasteiger partial charge in [-0.3, -0.25) is 0 Å². The van der Waals surface area contributed by atoms with Gasteiger partial charge in [-0.25, -0.2) is 0 Å². The molecule has 0 aromatic carbocycles. The molecular weight excluding hydrogens is 127 g/mol. The van der Waals surface area contributed by atoms with Crippen LogP contribution in [0.4, 0.5) is 0 Å². The Morgan fingerprint density at radius 1 is 1.33 bits per heavy atom. The maximum atomic E-state index is 5.50. The summed E-state index contributed by atoms with van der Waals surface area (Å²) in [5.74, 6) is 0. The third-order valence-corrected chi connectivity index (χ3v) is 0. The fraction of sp³-hybridized carbons (Fsp3) is 0. The van der Waals surface area contributed by atoms with Gasteiger partial charge in [0, 0.05) is 0 Å². The molecule has 0 aliphatic rings. The van der Waals surface area contributed by atoms with E-state index in [1.54, 1.807) is 0 Å². The molecule has 0 unspecified atom stereocenters. The molecule has 0 aliphatic heterocycles. The Balaban J connectivity index is -0.00000000333. The molecule has 0 spiro atoms. The number of hydrogen-bond acceptors (Lipinski definition) is 2. The number of nitrogens with one attached hydrogen (secondary N) is 2. The molecule has 0 aromatic rings. The molecule has 6 heteroatoms. The van der Waals surface area contributed by atoms with Crippen LogP contribution in [0.15, 0.2) is 0 Å². The zero-order valence-electron chi connectivity index (χ0n) is 3.86. The second-order valence-corrected chi connectivity index (χ2v) is 0.112. The summed E-state index contributed by atoms with van der Waals surface area (Å²) in [6.45, 7) is 0. The van der Waals surface area contributed by atoms with Crippen molar-refractivity contribution < 1.29 is 31.0 Å². The molecule has 32 valence electrons. The van der Waals surface area contributed by atoms with Crippen LogP contribution >= 0.6 is 12.4 Å². The molecule has 0 bridgehead atoms. The van der Waals surface area contributed by atoms with Gasteiger partial charge < -0.3 is 1.43 Å². The van der Waals surface area contributed by atoms with Crippen molar-refractivity contribution in [2.75, 3.05) is 0 Å². The molecule has 0 amide bonds. The van der Waals surface area contributed by atoms with Gasteiger partial charge in [0.15, 0.2) is 17.4 Å². The van der Waals surface area contributed by atoms with Crippen molar-refractivity contribution in [2.45, 2.75) is 0 Å². The van der Waals surface area contributed by atoms with E-state index in [0.717, 1.165) is 0 Å². The van der Waals surface area contributed by atoms with Gasteiger partial charge in [-0.15, -0.1) is 12.4 Å². The van der Waals surface area contributed by atoms with Crippen LogP contribution in [0.25, 0.3) is 0 Å². The molecule has 6 heavy (non-hydrogen) atoms. The van der Waals surface area contributed by atoms with Crippen LogP contribution in [0.2, 0.25) is 0 Å². The molecule has 0 aliphatic carbocycles. The first-order valence-corrected chi connectivity index (χ1v) is 0.447. The van der Waals surface area contributed by atoms with Crippen LogP contribution in [0.1, 0.15) is 1.43 Å². The van der Waals surface area contributed by atoms with Crippen molar-refractivity contribution in [3.63, 3.8) is 0 Å². The van der Waals surface area contributed by atoms with Gasteiger partial charge in [0.25, 0.3) is 0 Å². The van der Waals surface area contributed by atoms with Crippen LogP contribution in [0, 0.1) is 11.1 Å². The molecule has 0 atom stereocenters. The molecule has 2 N–H and O–H groups in total. The van der Waals surface area contributed by atoms with Crippen molar-refractivity contribution in [1.82, 2.24) is 4.91 Å². The summed E-state index contributed by atoms with van der Waals surface area (Å²) in [4.78, 5) is 2.00. The van der Waals surface area contributed by atoms with Gasteiger partial charge in [-0.2, -0.15) is 0 Å². The third kappa shape index (κ3) is 68.3. The van der Waals surface area contributed by atoms with Crippen molar-refractivity contribution in [3.8, 4) is 0 Å². The summed E-state index contributed by atoms with van der Waals surface area (Å²) in [5, 5.41) is 0. The summed E-state index contributed by atoms with van der Waals surface area (Å²) < 4.78 is 0. The van der Waals surface area contributed by atoms with E-state index >= 15 is 0 Å². The molecule has 0 fully saturated rings. The zero-order chi connectivity index (χ0) is 2.71. The average Bonchev–Trinajstić information content (AvgIpc) is 0.918. The van der Waals surface area contributed by atoms with Crippen molar-refractivity contribution in [1.29, 1.82) is 11.1 Å². The van der Waals surface area contributed by atoms with Gasteiger partial charge >= 0.3 is 29.6 Å². The number of halogens is 1. The molecule has 0 aromatic heterocycles. The topological polar surface area (TPSA) is 61.8 Å². The SMILES string of the molecule is Cl.N=[N+]=N.[AlH3].[H-].[Na+]. The summed E-state index contributed by atoms with van der Waals surface area (Å²) in [6.07, 6.45) is 0. The van der Waals surface area contributed by atoms with Gasteiger partial charge in [0.2, 0.25) is 4.91 Å². The van der Waals surface area contributed by atoms with Crippen molar-refractivity contribution >= 4 is 29.8 Å². The van der Waals surface area contributed by atoms with E-state index < -0.39 is 0 Å². The first kappa shape index (κ1) is 27.3. The minimum Gasteiger partial charge on any atom is -1.00 e. The fourth-order valence-electron chi connectivity index (χ4n) is 0. The predicted octanol–water partition coefficient (Wildman–Crippen LogP) is -3.53. The number of nitrogens with zero attached hydrogens (tertiary/aromatic N) is 1. The first-order chi connectivity index (χ1) is 1.41. The Kier molecular flexibility index (Phi) is 162. The largest absolute Gasteiger partial charge is 1.00 e. The quantitative estimate of drug-likeness (QED) is 0.196. The van der Waals surface area contributed by atoms with Crippen LogP contribution in [-0.4, -0.2) is 17.4 Å². The molecule has 0 radical (unpaired) electrons. The maximum Gasteiger partial charge on any atom is 1.00 e. The van der Waals surface area contributed by atoms with E-state index in [0.29, 0.717) is 0 Å². The summed E-state index contributed by atoms with van der Waals surface area (Å²) in [6, 6.07) is 0. The van der Waals surface area contributed by atoms with Gasteiger partial charge in [-0.1, -0.05) is 0 Å². The van der Waals surface area contributed by atoms with Crippen LogP contribution in [0.5, 0.6) is 0 Å². The van der Waals surface area contributed by atoms with Gasteiger partial charge in [0.05, 0.1) is 0 Å². The van der Waals surface area contributed by atoms with E-state index in [-0.39, 0.29) is 60.8 Å². The molecule has 0 heterocycles. The zero-order valence-corrected chi connectivity index (χ0v) is 5.67. The molecular formula is H7AlClN3Na+. The van der Waals surface area contributed by atoms with Gasteiger partial charge in [-0.05, 0) is 0 Å². The van der Waals surface area contributed by atoms with E-state index in [1.165, 1.54) is 0 Å². The molecule has 3 nitrogen and oxygen atoms in total. The molecule has 0 saturated carbocycles. The fourth-order valence-corrected chi connectivity index (χ4v) is 0. The van der Waals surface area contributed by atoms with Crippen molar-refractivity contribution in [3.05, 3.63) is 0 Å². The summed E-state index contributed by atoms with van der Waals surface area (Å²) in [7, 11) is 0. The second kappa shape index (κ2) is 35.5. The third-order valence-electron chi connectivity index (χ3n) is 0. The van der Waals surface area contributed by atoms with E-state index in [9.17, 15) is 0 Å². The van der Waals surface area contributed by atoms with Crippen molar-refractivity contribution in [2.24, 2.45) is 0 Å². The molecule has 0 saturated heterocycles. The molecule has 0 rings (SSSR count). The van der Waals surface area contributed by atoms with Crippen LogP contribution in [0.3, 0.4) is 0 Å². The minimum atomic E-state index is 0. The number of hydrogen-bond donors (Lipinski definition) is 2. The van der Waals surface area contributed by atoms with E-state index in [4.69, 9.17) is 11.1 Å². The minimum absolute atomic E-state index is 0. The first-order valence-electron chi connectivity index (χ1n) is 0.447. The standard InChI is InChI=1S/Al.ClH.H2N3.Na.4H/c;;1-3-2;;;;;/h;1H;1-2H;;;;;/q;;2*+1;;;;-1. The Bertz CT molecular complexity index is 35.9. The second-order valence-electron chi connectivity index (χ2n) is 0.112. The Hall–Kier alpha value is 1.13. The Labute approximate surface area is 76.2 Å². The Morgan fingerprint density at radius 3 is 1.33 bits per heavy atom. The van der Waals surface area contributed by atoms with Gasteiger partial charge in [0.1, 0.15) is 11.1 Å². The van der Waals surface area contributed by atoms with E-state index in [1.807, 2.05) is 4.91 Å². The summed E-state index contributed by atoms with van der Waals surface area (Å²) in [5.41, 5.74) is 11.0. The Morgan fingerprint density at radius 2 is 1.33 bits per heavy atom. The monoisotopic (exact) mass is 134 g/mol. The predicted molar refractivity (Wildman–Crippen MR) is 25.9 cm³/mol. The van der Waals surface area contributed by atoms with Crippen LogP contribution < -0.4 is 34.5 Å². The average molecular weight is 135 g/mol. The van der Waals surface area contributed by atoms with Crippen LogP contribution in [-0.2, 0) is 0 Å². The number of rotatable bonds is 0. The smallest absolute Gasteiger partial charge is 1.00 e. The summed E-state index contributed by atoms with van der Waals surface area (Å²) >= 11 is 0.